The van der Waals surface area contributed by atoms with Gasteiger partial charge in [0, 0.05) is 13.1 Å². The number of esters is 1. The van der Waals surface area contributed by atoms with E-state index in [1.165, 1.54) is 11.3 Å². The number of thiophene rings is 1. The van der Waals surface area contributed by atoms with E-state index in [9.17, 15) is 9.90 Å². The normalized spacial score (nSPS) is 21.8. The largest absolute Gasteiger partial charge is 0.462 e. The molecule has 6 nitrogen and oxygen atoms in total. The molecule has 0 radical (unpaired) electrons. The molecular formula is C13H17N3O3S. The predicted octanol–water partition coefficient (Wildman–Crippen LogP) is 1.34. The Morgan fingerprint density at radius 1 is 1.70 bits per heavy atom. The Kier molecular flexibility index (Phi) is 3.88. The molecule has 1 aliphatic rings. The van der Waals surface area contributed by atoms with Gasteiger partial charge in [0.1, 0.15) is 21.5 Å². The van der Waals surface area contributed by atoms with Gasteiger partial charge in [0.05, 0.1) is 17.9 Å². The second-order valence-electron chi connectivity index (χ2n) is 5.03. The van der Waals surface area contributed by atoms with Crippen LogP contribution in [0.2, 0.25) is 0 Å². The van der Waals surface area contributed by atoms with Crippen molar-refractivity contribution in [3.63, 3.8) is 0 Å². The Bertz CT molecular complexity index is 574. The number of carbonyl (C=O) groups excluding carboxylic acids is 1. The third-order valence-electron chi connectivity index (χ3n) is 3.25. The molecule has 0 spiro atoms. The van der Waals surface area contributed by atoms with Crippen LogP contribution in [-0.4, -0.2) is 36.4 Å². The molecule has 2 rings (SSSR count). The molecule has 1 fully saturated rings. The molecular weight excluding hydrogens is 278 g/mol. The number of rotatable bonds is 3. The first-order valence-corrected chi connectivity index (χ1v) is 7.18. The smallest absolute Gasteiger partial charge is 0.343 e. The van der Waals surface area contributed by atoms with Crippen LogP contribution in [0.25, 0.3) is 0 Å². The van der Waals surface area contributed by atoms with Crippen LogP contribution in [0.3, 0.4) is 0 Å². The average Bonchev–Trinajstić information content (AvgIpc) is 2.89. The number of nitrogens with zero attached hydrogens (tertiary/aromatic N) is 2. The minimum Gasteiger partial charge on any atom is -0.462 e. The van der Waals surface area contributed by atoms with E-state index in [0.717, 1.165) is 0 Å². The van der Waals surface area contributed by atoms with E-state index in [2.05, 4.69) is 0 Å². The lowest BCUT2D eigenvalue weighted by atomic mass is 10.1. The SMILES string of the molecule is CCOC(=O)c1c(N2CCC(C)(O)C2)sc(C#N)c1N. The standard InChI is InChI=1S/C13H17N3O3S/c1-3-19-12(17)9-10(15)8(6-14)20-11(9)16-5-4-13(2,18)7-16/h18H,3-5,7,15H2,1-2H3. The maximum absolute atomic E-state index is 12.0. The summed E-state index contributed by atoms with van der Waals surface area (Å²) in [6.07, 6.45) is 0.606. The van der Waals surface area contributed by atoms with E-state index in [1.54, 1.807) is 13.8 Å². The molecule has 1 atom stereocenters. The summed E-state index contributed by atoms with van der Waals surface area (Å²) in [6, 6.07) is 1.99. The van der Waals surface area contributed by atoms with Gasteiger partial charge in [0.25, 0.3) is 0 Å². The average molecular weight is 295 g/mol. The molecule has 2 heterocycles. The van der Waals surface area contributed by atoms with Gasteiger partial charge in [-0.3, -0.25) is 0 Å². The molecule has 0 aromatic carbocycles. The van der Waals surface area contributed by atoms with Crippen LogP contribution < -0.4 is 10.6 Å². The number of ether oxygens (including phenoxy) is 1. The van der Waals surface area contributed by atoms with Crippen molar-refractivity contribution in [1.29, 1.82) is 5.26 Å². The van der Waals surface area contributed by atoms with Crippen molar-refractivity contribution in [2.45, 2.75) is 25.9 Å². The summed E-state index contributed by atoms with van der Waals surface area (Å²) >= 11 is 1.17. The molecule has 1 unspecified atom stereocenters. The highest BCUT2D eigenvalue weighted by atomic mass is 32.1. The third-order valence-corrected chi connectivity index (χ3v) is 4.42. The quantitative estimate of drug-likeness (QED) is 0.816. The van der Waals surface area contributed by atoms with Gasteiger partial charge in [0.15, 0.2) is 0 Å². The number of carbonyl (C=O) groups is 1. The summed E-state index contributed by atoms with van der Waals surface area (Å²) in [7, 11) is 0. The first-order chi connectivity index (χ1) is 9.39. The van der Waals surface area contributed by atoms with E-state index in [0.29, 0.717) is 29.4 Å². The van der Waals surface area contributed by atoms with Crippen molar-refractivity contribution in [2.24, 2.45) is 0 Å². The van der Waals surface area contributed by atoms with Crippen molar-refractivity contribution >= 4 is 28.0 Å². The van der Waals surface area contributed by atoms with Gasteiger partial charge in [-0.05, 0) is 20.3 Å². The Labute approximate surface area is 121 Å². The number of anilines is 2. The van der Waals surface area contributed by atoms with Crippen molar-refractivity contribution in [3.8, 4) is 6.07 Å². The lowest BCUT2D eigenvalue weighted by molar-refractivity contribution is 0.0528. The van der Waals surface area contributed by atoms with Crippen LogP contribution >= 0.6 is 11.3 Å². The zero-order chi connectivity index (χ0) is 14.9. The molecule has 1 aromatic rings. The van der Waals surface area contributed by atoms with Crippen LogP contribution in [0.5, 0.6) is 0 Å². The molecule has 1 saturated heterocycles. The molecule has 3 N–H and O–H groups in total. The minimum atomic E-state index is -0.794. The maximum Gasteiger partial charge on any atom is 0.343 e. The number of hydrogen-bond acceptors (Lipinski definition) is 7. The molecule has 20 heavy (non-hydrogen) atoms. The van der Waals surface area contributed by atoms with Gasteiger partial charge in [-0.2, -0.15) is 5.26 Å². The highest BCUT2D eigenvalue weighted by Crippen LogP contribution is 2.40. The van der Waals surface area contributed by atoms with Crippen LogP contribution in [0, 0.1) is 11.3 Å². The number of β-amino-alcohol motifs (C(OH)–C–C–N with tert-alkyl or cyclic N) is 1. The van der Waals surface area contributed by atoms with E-state index < -0.39 is 11.6 Å². The van der Waals surface area contributed by atoms with Crippen LogP contribution in [0.15, 0.2) is 0 Å². The molecule has 0 bridgehead atoms. The van der Waals surface area contributed by atoms with Crippen LogP contribution in [0.4, 0.5) is 10.7 Å². The topological polar surface area (TPSA) is 99.6 Å². The molecule has 0 amide bonds. The number of nitriles is 1. The Morgan fingerprint density at radius 3 is 2.90 bits per heavy atom. The number of nitrogen functional groups attached to an aromatic ring is 1. The van der Waals surface area contributed by atoms with Gasteiger partial charge in [-0.15, -0.1) is 11.3 Å². The lowest BCUT2D eigenvalue weighted by Crippen LogP contribution is -2.30. The Morgan fingerprint density at radius 2 is 2.40 bits per heavy atom. The first-order valence-electron chi connectivity index (χ1n) is 6.36. The summed E-state index contributed by atoms with van der Waals surface area (Å²) in [4.78, 5) is 14.2. The van der Waals surface area contributed by atoms with Gasteiger partial charge in [-0.25, -0.2) is 4.79 Å². The molecule has 1 aromatic heterocycles. The molecule has 7 heteroatoms. The van der Waals surface area contributed by atoms with Crippen molar-refractivity contribution in [3.05, 3.63) is 10.4 Å². The fourth-order valence-corrected chi connectivity index (χ4v) is 3.29. The predicted molar refractivity (Wildman–Crippen MR) is 76.9 cm³/mol. The highest BCUT2D eigenvalue weighted by molar-refractivity contribution is 7.17. The molecule has 1 aliphatic heterocycles. The van der Waals surface area contributed by atoms with Gasteiger partial charge in [0.2, 0.25) is 0 Å². The zero-order valence-corrected chi connectivity index (χ0v) is 12.3. The first kappa shape index (κ1) is 14.6. The van der Waals surface area contributed by atoms with E-state index in [4.69, 9.17) is 15.7 Å². The monoisotopic (exact) mass is 295 g/mol. The summed E-state index contributed by atoms with van der Waals surface area (Å²) in [6.45, 7) is 4.73. The number of nitrogens with two attached hydrogens (primary N) is 1. The molecule has 0 saturated carbocycles. The van der Waals surface area contributed by atoms with Gasteiger partial charge < -0.3 is 20.5 Å². The van der Waals surface area contributed by atoms with E-state index >= 15 is 0 Å². The summed E-state index contributed by atoms with van der Waals surface area (Å²) in [5, 5.41) is 19.7. The van der Waals surface area contributed by atoms with Gasteiger partial charge >= 0.3 is 5.97 Å². The van der Waals surface area contributed by atoms with Crippen molar-refractivity contribution in [1.82, 2.24) is 0 Å². The van der Waals surface area contributed by atoms with Gasteiger partial charge in [-0.1, -0.05) is 0 Å². The fourth-order valence-electron chi connectivity index (χ4n) is 2.26. The number of aliphatic hydroxyl groups is 1. The summed E-state index contributed by atoms with van der Waals surface area (Å²) in [5.74, 6) is -0.524. The van der Waals surface area contributed by atoms with Crippen LogP contribution in [-0.2, 0) is 4.74 Å². The highest BCUT2D eigenvalue weighted by Gasteiger charge is 2.35. The molecule has 0 aliphatic carbocycles. The lowest BCUT2D eigenvalue weighted by Gasteiger charge is -2.20. The summed E-state index contributed by atoms with van der Waals surface area (Å²) < 4.78 is 5.01. The zero-order valence-electron chi connectivity index (χ0n) is 11.5. The van der Waals surface area contributed by atoms with Crippen molar-refractivity contribution < 1.29 is 14.6 Å². The van der Waals surface area contributed by atoms with Crippen LogP contribution in [0.1, 0.15) is 35.5 Å². The van der Waals surface area contributed by atoms with E-state index in [-0.39, 0.29) is 17.9 Å². The fraction of sp³-hybridized carbons (Fsp3) is 0.538. The Balaban J connectivity index is 2.42. The minimum absolute atomic E-state index is 0.164. The number of hydrogen-bond donors (Lipinski definition) is 2. The van der Waals surface area contributed by atoms with E-state index in [1.807, 2.05) is 11.0 Å². The second kappa shape index (κ2) is 5.31. The van der Waals surface area contributed by atoms with Crippen molar-refractivity contribution in [2.75, 3.05) is 30.3 Å². The maximum atomic E-state index is 12.0. The summed E-state index contributed by atoms with van der Waals surface area (Å²) in [5.41, 5.74) is 5.49. The Hall–Kier alpha value is -1.78. The molecule has 108 valence electrons. The second-order valence-corrected chi connectivity index (χ2v) is 6.02. The third kappa shape index (κ3) is 2.57.